The summed E-state index contributed by atoms with van der Waals surface area (Å²) in [6.45, 7) is 6.07. The summed E-state index contributed by atoms with van der Waals surface area (Å²) in [7, 11) is 0. The summed E-state index contributed by atoms with van der Waals surface area (Å²) < 4.78 is 11.3. The van der Waals surface area contributed by atoms with Crippen LogP contribution in [0.5, 0.6) is 0 Å². The zero-order chi connectivity index (χ0) is 23.5. The maximum atomic E-state index is 12.5. The second kappa shape index (κ2) is 13.7. The largest absolute Gasteiger partial charge is 0.459 e. The van der Waals surface area contributed by atoms with Gasteiger partial charge >= 0.3 is 5.97 Å². The second-order valence-electron chi connectivity index (χ2n) is 9.07. The number of hydrogen-bond donors (Lipinski definition) is 3. The highest BCUT2D eigenvalue weighted by atomic mass is 16.6. The molecule has 180 valence electrons. The van der Waals surface area contributed by atoms with Crippen LogP contribution in [0.4, 0.5) is 0 Å². The molecule has 2 heterocycles. The highest BCUT2D eigenvalue weighted by Crippen LogP contribution is 2.31. The number of rotatable bonds is 7. The van der Waals surface area contributed by atoms with Crippen molar-refractivity contribution in [2.24, 2.45) is 11.8 Å². The first-order chi connectivity index (χ1) is 15.3. The SMILES string of the molecule is CC/C=C/C/C=C/[C@H](C)C[C@H](O)[C@@H]1C[C@@H]2O[C@H]2/C=C/[C@H](O)C(O)/C=C/C[C@H](C)CC(=O)O1. The van der Waals surface area contributed by atoms with Gasteiger partial charge in [0.25, 0.3) is 0 Å². The van der Waals surface area contributed by atoms with E-state index in [0.29, 0.717) is 19.3 Å². The molecule has 0 amide bonds. The molecule has 0 aliphatic carbocycles. The summed E-state index contributed by atoms with van der Waals surface area (Å²) >= 11 is 0. The molecule has 0 radical (unpaired) electrons. The van der Waals surface area contributed by atoms with Gasteiger partial charge in [0.1, 0.15) is 24.4 Å². The third-order valence-electron chi connectivity index (χ3n) is 5.79. The Labute approximate surface area is 192 Å². The van der Waals surface area contributed by atoms with Crippen LogP contribution < -0.4 is 0 Å². The molecule has 3 N–H and O–H groups in total. The van der Waals surface area contributed by atoms with Gasteiger partial charge in [0.05, 0.1) is 12.2 Å². The van der Waals surface area contributed by atoms with Gasteiger partial charge in [0, 0.05) is 12.8 Å². The number of esters is 1. The van der Waals surface area contributed by atoms with E-state index in [1.165, 1.54) is 6.08 Å². The molecule has 6 nitrogen and oxygen atoms in total. The predicted octanol–water partition coefficient (Wildman–Crippen LogP) is 3.62. The highest BCUT2D eigenvalue weighted by molar-refractivity contribution is 5.69. The average Bonchev–Trinajstić information content (AvgIpc) is 3.48. The van der Waals surface area contributed by atoms with Crippen LogP contribution in [0.25, 0.3) is 0 Å². The van der Waals surface area contributed by atoms with E-state index in [9.17, 15) is 20.1 Å². The van der Waals surface area contributed by atoms with Gasteiger partial charge in [-0.2, -0.15) is 0 Å². The van der Waals surface area contributed by atoms with E-state index in [-0.39, 0.29) is 36.4 Å². The van der Waals surface area contributed by atoms with Crippen molar-refractivity contribution < 1.29 is 29.6 Å². The van der Waals surface area contributed by atoms with Gasteiger partial charge in [-0.15, -0.1) is 0 Å². The van der Waals surface area contributed by atoms with Crippen LogP contribution in [-0.2, 0) is 14.3 Å². The number of carbonyl (C=O) groups is 1. The summed E-state index contributed by atoms with van der Waals surface area (Å²) in [5.74, 6) is -0.178. The number of allylic oxidation sites excluding steroid dienone is 5. The minimum Gasteiger partial charge on any atom is -0.459 e. The Morgan fingerprint density at radius 2 is 1.91 bits per heavy atom. The first-order valence-electron chi connectivity index (χ1n) is 11.9. The molecule has 6 heteroatoms. The fraction of sp³-hybridized carbons (Fsp3) is 0.654. The topological polar surface area (TPSA) is 99.5 Å². The maximum absolute atomic E-state index is 12.5. The van der Waals surface area contributed by atoms with E-state index in [2.05, 4.69) is 31.2 Å². The molecule has 8 atom stereocenters. The molecular formula is C26H40O6. The molecule has 2 aliphatic rings. The smallest absolute Gasteiger partial charge is 0.306 e. The Balaban J connectivity index is 2.02. The predicted molar refractivity (Wildman–Crippen MR) is 125 cm³/mol. The minimum atomic E-state index is -1.02. The van der Waals surface area contributed by atoms with Crippen molar-refractivity contribution >= 4 is 5.97 Å². The van der Waals surface area contributed by atoms with Crippen LogP contribution in [0.2, 0.25) is 0 Å². The Morgan fingerprint density at radius 3 is 2.66 bits per heavy atom. The molecule has 0 bridgehead atoms. The normalized spacial score (nSPS) is 36.0. The van der Waals surface area contributed by atoms with Crippen molar-refractivity contribution in [2.45, 2.75) is 95.9 Å². The van der Waals surface area contributed by atoms with Crippen LogP contribution in [0, 0.1) is 11.8 Å². The van der Waals surface area contributed by atoms with E-state index in [1.807, 2.05) is 13.8 Å². The lowest BCUT2D eigenvalue weighted by molar-refractivity contribution is -0.157. The van der Waals surface area contributed by atoms with Crippen LogP contribution in [-0.4, -0.2) is 57.9 Å². The fourth-order valence-electron chi connectivity index (χ4n) is 3.78. The van der Waals surface area contributed by atoms with Crippen molar-refractivity contribution in [2.75, 3.05) is 0 Å². The molecule has 1 fully saturated rings. The van der Waals surface area contributed by atoms with E-state index < -0.39 is 24.4 Å². The zero-order valence-electron chi connectivity index (χ0n) is 19.5. The molecular weight excluding hydrogens is 408 g/mol. The van der Waals surface area contributed by atoms with Crippen molar-refractivity contribution in [3.63, 3.8) is 0 Å². The van der Waals surface area contributed by atoms with E-state index in [0.717, 1.165) is 12.8 Å². The number of aliphatic hydroxyl groups is 3. The Morgan fingerprint density at radius 1 is 1.16 bits per heavy atom. The molecule has 0 aromatic rings. The van der Waals surface area contributed by atoms with E-state index in [1.54, 1.807) is 18.2 Å². The number of hydrogen-bond acceptors (Lipinski definition) is 6. The second-order valence-corrected chi connectivity index (χ2v) is 9.07. The van der Waals surface area contributed by atoms with Crippen LogP contribution in [0.15, 0.2) is 48.6 Å². The number of ether oxygens (including phenoxy) is 2. The molecule has 1 unspecified atom stereocenters. The first-order valence-corrected chi connectivity index (χ1v) is 11.9. The van der Waals surface area contributed by atoms with Gasteiger partial charge in [-0.05, 0) is 37.5 Å². The van der Waals surface area contributed by atoms with Gasteiger partial charge in [-0.1, -0.05) is 69.4 Å². The zero-order valence-corrected chi connectivity index (χ0v) is 19.5. The van der Waals surface area contributed by atoms with E-state index in [4.69, 9.17) is 9.47 Å². The quantitative estimate of drug-likeness (QED) is 0.313. The third-order valence-corrected chi connectivity index (χ3v) is 5.79. The van der Waals surface area contributed by atoms with Crippen molar-refractivity contribution in [1.82, 2.24) is 0 Å². The van der Waals surface area contributed by atoms with Gasteiger partial charge in [0.2, 0.25) is 0 Å². The van der Waals surface area contributed by atoms with Crippen LogP contribution >= 0.6 is 0 Å². The van der Waals surface area contributed by atoms with Crippen molar-refractivity contribution in [3.05, 3.63) is 48.6 Å². The summed E-state index contributed by atoms with van der Waals surface area (Å²) in [6.07, 6.45) is 14.7. The lowest BCUT2D eigenvalue weighted by Crippen LogP contribution is -2.34. The number of fused-ring (bicyclic) bond motifs is 1. The van der Waals surface area contributed by atoms with Crippen molar-refractivity contribution in [1.29, 1.82) is 0 Å². The number of cyclic esters (lactones) is 1. The number of aliphatic hydroxyl groups excluding tert-OH is 3. The fourth-order valence-corrected chi connectivity index (χ4v) is 3.78. The molecule has 1 saturated heterocycles. The van der Waals surface area contributed by atoms with Gasteiger partial charge in [-0.3, -0.25) is 4.79 Å². The monoisotopic (exact) mass is 448 g/mol. The van der Waals surface area contributed by atoms with Crippen LogP contribution in [0.1, 0.15) is 59.3 Å². The molecule has 0 saturated carbocycles. The number of epoxide rings is 1. The number of carbonyl (C=O) groups excluding carboxylic acids is 1. The van der Waals surface area contributed by atoms with Crippen LogP contribution in [0.3, 0.4) is 0 Å². The summed E-state index contributed by atoms with van der Waals surface area (Å²) in [4.78, 5) is 12.5. The van der Waals surface area contributed by atoms with Crippen molar-refractivity contribution in [3.8, 4) is 0 Å². The molecule has 2 rings (SSSR count). The summed E-state index contributed by atoms with van der Waals surface area (Å²) in [5, 5.41) is 30.9. The minimum absolute atomic E-state index is 0.0181. The Hall–Kier alpha value is -1.73. The summed E-state index contributed by atoms with van der Waals surface area (Å²) in [6, 6.07) is 0. The highest BCUT2D eigenvalue weighted by Gasteiger charge is 2.41. The Bertz CT molecular complexity index is 682. The molecule has 2 aliphatic heterocycles. The third kappa shape index (κ3) is 9.82. The summed E-state index contributed by atoms with van der Waals surface area (Å²) in [5.41, 5.74) is 0. The van der Waals surface area contributed by atoms with Gasteiger partial charge in [-0.25, -0.2) is 0 Å². The standard InChI is InChI=1S/C26H40O6/c1-4-5-6-7-8-10-18(2)15-22(29)24-17-25-23(31-25)14-13-21(28)20(27)12-9-11-19(3)16-26(30)32-24/h5-6,8-10,12-14,18-25,27-29H,4,7,11,15-17H2,1-3H3/b6-5+,10-8+,12-9+,14-13+/t18-,19-,20?,21-,22-,23-,24-,25-/m0/s1. The van der Waals surface area contributed by atoms with Gasteiger partial charge in [0.15, 0.2) is 0 Å². The first kappa shape index (κ1) is 26.5. The Kier molecular flexibility index (Phi) is 11.4. The maximum Gasteiger partial charge on any atom is 0.306 e. The molecule has 0 aromatic carbocycles. The lowest BCUT2D eigenvalue weighted by Gasteiger charge is -2.25. The molecule has 32 heavy (non-hydrogen) atoms. The van der Waals surface area contributed by atoms with E-state index >= 15 is 0 Å². The lowest BCUT2D eigenvalue weighted by atomic mass is 9.96. The molecule has 0 aromatic heterocycles. The van der Waals surface area contributed by atoms with Gasteiger partial charge < -0.3 is 24.8 Å². The average molecular weight is 449 g/mol. The molecule has 0 spiro atoms.